The molecule has 1 heterocycles. The first-order valence-electron chi connectivity index (χ1n) is 3.90. The van der Waals surface area contributed by atoms with Gasteiger partial charge in [-0.15, -0.1) is 11.3 Å². The highest BCUT2D eigenvalue weighted by Gasteiger charge is 2.19. The van der Waals surface area contributed by atoms with Gasteiger partial charge in [-0.25, -0.2) is 13.1 Å². The molecule has 5 nitrogen and oxygen atoms in total. The van der Waals surface area contributed by atoms with Gasteiger partial charge in [0.15, 0.2) is 0 Å². The fourth-order valence-corrected chi connectivity index (χ4v) is 4.15. The second-order valence-corrected chi connectivity index (χ2v) is 6.29. The van der Waals surface area contributed by atoms with Crippen LogP contribution in [0.5, 0.6) is 0 Å². The number of thiophene rings is 1. The molecular formula is C7H9BrN2O3S2. The van der Waals surface area contributed by atoms with E-state index in [1.807, 2.05) is 0 Å². The smallest absolute Gasteiger partial charge is 0.251 e. The number of rotatable bonds is 4. The van der Waals surface area contributed by atoms with Gasteiger partial charge in [0.1, 0.15) is 4.21 Å². The molecule has 0 aliphatic heterocycles. The van der Waals surface area contributed by atoms with Gasteiger partial charge in [-0.1, -0.05) is 0 Å². The predicted molar refractivity (Wildman–Crippen MR) is 61.3 cm³/mol. The molecule has 1 rings (SSSR count). The Bertz CT molecular complexity index is 455. The summed E-state index contributed by atoms with van der Waals surface area (Å²) in [5, 5.41) is 3.97. The number of carbonyl (C=O) groups excluding carboxylic acids is 1. The molecule has 0 radical (unpaired) electrons. The molecule has 2 N–H and O–H groups in total. The van der Waals surface area contributed by atoms with Crippen molar-refractivity contribution in [2.75, 3.05) is 13.6 Å². The second-order valence-electron chi connectivity index (χ2n) is 2.55. The third-order valence-corrected chi connectivity index (χ3v) is 5.60. The van der Waals surface area contributed by atoms with Gasteiger partial charge in [-0.2, -0.15) is 0 Å². The van der Waals surface area contributed by atoms with Crippen molar-refractivity contribution >= 4 is 43.2 Å². The summed E-state index contributed by atoms with van der Waals surface area (Å²) >= 11 is 4.20. The molecule has 0 saturated heterocycles. The highest BCUT2D eigenvalue weighted by atomic mass is 79.9. The minimum atomic E-state index is -3.59. The quantitative estimate of drug-likeness (QED) is 0.852. The SMILES string of the molecule is CNC(=O)CNS(=O)(=O)c1sccc1Br. The van der Waals surface area contributed by atoms with E-state index in [0.717, 1.165) is 11.3 Å². The first-order valence-corrected chi connectivity index (χ1v) is 7.06. The molecule has 15 heavy (non-hydrogen) atoms. The normalized spacial score (nSPS) is 11.3. The van der Waals surface area contributed by atoms with Crippen LogP contribution in [0.25, 0.3) is 0 Å². The highest BCUT2D eigenvalue weighted by Crippen LogP contribution is 2.26. The van der Waals surface area contributed by atoms with Crippen molar-refractivity contribution in [2.45, 2.75) is 4.21 Å². The number of hydrogen-bond donors (Lipinski definition) is 2. The van der Waals surface area contributed by atoms with Crippen molar-refractivity contribution in [1.29, 1.82) is 0 Å². The van der Waals surface area contributed by atoms with E-state index in [1.165, 1.54) is 7.05 Å². The van der Waals surface area contributed by atoms with Crippen molar-refractivity contribution < 1.29 is 13.2 Å². The van der Waals surface area contributed by atoms with Crippen molar-refractivity contribution in [1.82, 2.24) is 10.0 Å². The fourth-order valence-electron chi connectivity index (χ4n) is 0.786. The molecule has 0 spiro atoms. The van der Waals surface area contributed by atoms with Gasteiger partial charge in [-0.05, 0) is 27.4 Å². The molecule has 84 valence electrons. The molecule has 1 aromatic rings. The van der Waals surface area contributed by atoms with Crippen molar-refractivity contribution in [3.05, 3.63) is 15.9 Å². The average Bonchev–Trinajstić information content (AvgIpc) is 2.61. The molecule has 8 heteroatoms. The standard InChI is InChI=1S/C7H9BrN2O3S2/c1-9-6(11)4-10-15(12,13)7-5(8)2-3-14-7/h2-3,10H,4H2,1H3,(H,9,11). The lowest BCUT2D eigenvalue weighted by molar-refractivity contribution is -0.119. The summed E-state index contributed by atoms with van der Waals surface area (Å²) in [7, 11) is -2.15. The lowest BCUT2D eigenvalue weighted by Gasteiger charge is -2.03. The summed E-state index contributed by atoms with van der Waals surface area (Å²) in [6, 6.07) is 1.64. The predicted octanol–water partition coefficient (Wildman–Crippen LogP) is 0.535. The largest absolute Gasteiger partial charge is 0.358 e. The molecule has 0 saturated carbocycles. The molecule has 0 fully saturated rings. The van der Waals surface area contributed by atoms with E-state index >= 15 is 0 Å². The van der Waals surface area contributed by atoms with Crippen LogP contribution in [0.4, 0.5) is 0 Å². The van der Waals surface area contributed by atoms with Gasteiger partial charge >= 0.3 is 0 Å². The van der Waals surface area contributed by atoms with E-state index in [2.05, 4.69) is 26.0 Å². The van der Waals surface area contributed by atoms with E-state index in [0.29, 0.717) is 4.47 Å². The van der Waals surface area contributed by atoms with Crippen LogP contribution in [-0.2, 0) is 14.8 Å². The summed E-state index contributed by atoms with van der Waals surface area (Å²) in [6.07, 6.45) is 0. The second kappa shape index (κ2) is 5.06. The Kier molecular flexibility index (Phi) is 4.26. The lowest BCUT2D eigenvalue weighted by atomic mass is 10.6. The number of carbonyl (C=O) groups is 1. The van der Waals surface area contributed by atoms with Crippen LogP contribution < -0.4 is 10.0 Å². The molecule has 0 aliphatic rings. The zero-order valence-corrected chi connectivity index (χ0v) is 11.0. The van der Waals surface area contributed by atoms with Gasteiger partial charge in [0.25, 0.3) is 10.0 Å². The summed E-state index contributed by atoms with van der Waals surface area (Å²) in [5.74, 6) is -0.383. The van der Waals surface area contributed by atoms with Crippen LogP contribution >= 0.6 is 27.3 Å². The first kappa shape index (κ1) is 12.6. The summed E-state index contributed by atoms with van der Waals surface area (Å²) < 4.78 is 26.1. The Balaban J connectivity index is 2.77. The van der Waals surface area contributed by atoms with Crippen LogP contribution in [0, 0.1) is 0 Å². The van der Waals surface area contributed by atoms with Crippen LogP contribution in [-0.4, -0.2) is 27.9 Å². The first-order chi connectivity index (χ1) is 6.97. The number of amides is 1. The van der Waals surface area contributed by atoms with Crippen molar-refractivity contribution in [3.8, 4) is 0 Å². The molecule has 0 bridgehead atoms. The Morgan fingerprint density at radius 1 is 1.60 bits per heavy atom. The monoisotopic (exact) mass is 312 g/mol. The van der Waals surface area contributed by atoms with E-state index in [1.54, 1.807) is 11.4 Å². The maximum Gasteiger partial charge on any atom is 0.251 e. The van der Waals surface area contributed by atoms with Crippen molar-refractivity contribution in [3.63, 3.8) is 0 Å². The zero-order chi connectivity index (χ0) is 11.5. The molecule has 0 unspecified atom stereocenters. The van der Waals surface area contributed by atoms with E-state index in [9.17, 15) is 13.2 Å². The Hall–Kier alpha value is -0.440. The van der Waals surface area contributed by atoms with Crippen LogP contribution in [0.2, 0.25) is 0 Å². The summed E-state index contributed by atoms with van der Waals surface area (Å²) in [6.45, 7) is -0.261. The van der Waals surface area contributed by atoms with Crippen LogP contribution in [0.15, 0.2) is 20.1 Å². The molecule has 0 atom stereocenters. The van der Waals surface area contributed by atoms with Gasteiger partial charge in [0.05, 0.1) is 6.54 Å². The Morgan fingerprint density at radius 3 is 2.73 bits per heavy atom. The maximum absolute atomic E-state index is 11.6. The highest BCUT2D eigenvalue weighted by molar-refractivity contribution is 9.10. The maximum atomic E-state index is 11.6. The fraction of sp³-hybridized carbons (Fsp3) is 0.286. The van der Waals surface area contributed by atoms with E-state index in [4.69, 9.17) is 0 Å². The number of hydrogen-bond acceptors (Lipinski definition) is 4. The molecule has 1 aromatic heterocycles. The number of halogens is 1. The third kappa shape index (κ3) is 3.26. The van der Waals surface area contributed by atoms with Crippen molar-refractivity contribution in [2.24, 2.45) is 0 Å². The molecule has 0 aliphatic carbocycles. The molecular weight excluding hydrogens is 304 g/mol. The number of sulfonamides is 1. The summed E-state index contributed by atoms with van der Waals surface area (Å²) in [4.78, 5) is 10.9. The molecule has 0 aromatic carbocycles. The minimum Gasteiger partial charge on any atom is -0.358 e. The summed E-state index contributed by atoms with van der Waals surface area (Å²) in [5.41, 5.74) is 0. The van der Waals surface area contributed by atoms with Crippen LogP contribution in [0.1, 0.15) is 0 Å². The average molecular weight is 313 g/mol. The van der Waals surface area contributed by atoms with E-state index in [-0.39, 0.29) is 16.7 Å². The number of nitrogens with one attached hydrogen (secondary N) is 2. The lowest BCUT2D eigenvalue weighted by Crippen LogP contribution is -2.34. The van der Waals surface area contributed by atoms with Gasteiger partial charge in [0.2, 0.25) is 5.91 Å². The Labute approximate surface area is 100 Å². The van der Waals surface area contributed by atoms with Gasteiger partial charge in [-0.3, -0.25) is 4.79 Å². The minimum absolute atomic E-state index is 0.173. The zero-order valence-electron chi connectivity index (χ0n) is 7.78. The van der Waals surface area contributed by atoms with Crippen LogP contribution in [0.3, 0.4) is 0 Å². The van der Waals surface area contributed by atoms with Gasteiger partial charge in [0, 0.05) is 11.5 Å². The Morgan fingerprint density at radius 2 is 2.27 bits per heavy atom. The third-order valence-electron chi connectivity index (χ3n) is 1.53. The topological polar surface area (TPSA) is 75.3 Å². The van der Waals surface area contributed by atoms with Gasteiger partial charge < -0.3 is 5.32 Å². The number of likely N-dealkylation sites (N-methyl/N-ethyl adjacent to an activating group) is 1. The molecule has 1 amide bonds. The van der Waals surface area contributed by atoms with E-state index < -0.39 is 10.0 Å².